The molecule has 0 saturated heterocycles. The zero-order chi connectivity index (χ0) is 12.7. The molecular formula is C13H23N3S. The summed E-state index contributed by atoms with van der Waals surface area (Å²) in [5.41, 5.74) is 1.19. The van der Waals surface area contributed by atoms with E-state index < -0.39 is 0 Å². The van der Waals surface area contributed by atoms with Gasteiger partial charge in [0.1, 0.15) is 16.7 Å². The van der Waals surface area contributed by atoms with Crippen LogP contribution in [0, 0.1) is 6.92 Å². The summed E-state index contributed by atoms with van der Waals surface area (Å²) < 4.78 is 0. The predicted octanol–water partition coefficient (Wildman–Crippen LogP) is 3.67. The molecule has 0 fully saturated rings. The van der Waals surface area contributed by atoms with Gasteiger partial charge in [0.25, 0.3) is 0 Å². The topological polar surface area (TPSA) is 37.8 Å². The smallest absolute Gasteiger partial charge is 0.133 e. The van der Waals surface area contributed by atoms with Gasteiger partial charge in [-0.2, -0.15) is 0 Å². The molecule has 3 nitrogen and oxygen atoms in total. The van der Waals surface area contributed by atoms with E-state index in [2.05, 4.69) is 43.0 Å². The molecule has 0 bridgehead atoms. The lowest BCUT2D eigenvalue weighted by molar-refractivity contribution is 0.802. The van der Waals surface area contributed by atoms with Gasteiger partial charge in [-0.15, -0.1) is 11.8 Å². The van der Waals surface area contributed by atoms with Gasteiger partial charge in [0.05, 0.1) is 0 Å². The van der Waals surface area contributed by atoms with Crippen LogP contribution in [0.25, 0.3) is 0 Å². The fourth-order valence-corrected chi connectivity index (χ4v) is 2.44. The summed E-state index contributed by atoms with van der Waals surface area (Å²) in [6.45, 7) is 9.46. The first-order chi connectivity index (χ1) is 8.22. The zero-order valence-electron chi connectivity index (χ0n) is 11.3. The number of aryl methyl sites for hydroxylation is 1. The third-order valence-corrected chi connectivity index (χ3v) is 3.69. The Hall–Kier alpha value is -0.770. The van der Waals surface area contributed by atoms with Gasteiger partial charge in [0.2, 0.25) is 0 Å². The van der Waals surface area contributed by atoms with Crippen LogP contribution in [-0.4, -0.2) is 22.3 Å². The van der Waals surface area contributed by atoms with Gasteiger partial charge in [0, 0.05) is 18.5 Å². The van der Waals surface area contributed by atoms with Crippen molar-refractivity contribution in [2.24, 2.45) is 0 Å². The minimum Gasteiger partial charge on any atom is -0.370 e. The minimum atomic E-state index is 0.904. The van der Waals surface area contributed by atoms with E-state index in [1.54, 1.807) is 0 Å². The van der Waals surface area contributed by atoms with E-state index in [0.717, 1.165) is 41.8 Å². The van der Waals surface area contributed by atoms with E-state index >= 15 is 0 Å². The number of nitrogens with zero attached hydrogens (tertiary/aromatic N) is 2. The lowest BCUT2D eigenvalue weighted by Crippen LogP contribution is -2.07. The molecule has 4 heteroatoms. The fraction of sp³-hybridized carbons (Fsp3) is 0.692. The predicted molar refractivity (Wildman–Crippen MR) is 75.9 cm³/mol. The standard InChI is InChI=1S/C13H23N3S/c1-5-8-11-15-12(14-7-3)10(4)13(16-11)17-9-6-2/h5-9H2,1-4H3,(H,14,15,16). The Kier molecular flexibility index (Phi) is 6.34. The highest BCUT2D eigenvalue weighted by Crippen LogP contribution is 2.25. The van der Waals surface area contributed by atoms with Crippen LogP contribution in [0.3, 0.4) is 0 Å². The molecule has 0 radical (unpaired) electrons. The highest BCUT2D eigenvalue weighted by atomic mass is 32.2. The molecule has 0 aliphatic carbocycles. The molecule has 0 saturated carbocycles. The van der Waals surface area contributed by atoms with Gasteiger partial charge in [-0.25, -0.2) is 9.97 Å². The number of nitrogens with one attached hydrogen (secondary N) is 1. The molecule has 0 atom stereocenters. The first-order valence-corrected chi connectivity index (χ1v) is 7.45. The maximum atomic E-state index is 4.65. The summed E-state index contributed by atoms with van der Waals surface area (Å²) >= 11 is 1.84. The van der Waals surface area contributed by atoms with Crippen molar-refractivity contribution >= 4 is 17.6 Å². The summed E-state index contributed by atoms with van der Waals surface area (Å²) in [6, 6.07) is 0. The Morgan fingerprint density at radius 3 is 2.47 bits per heavy atom. The van der Waals surface area contributed by atoms with Crippen LogP contribution < -0.4 is 5.32 Å². The van der Waals surface area contributed by atoms with Gasteiger partial charge < -0.3 is 5.32 Å². The van der Waals surface area contributed by atoms with Crippen LogP contribution in [0.4, 0.5) is 5.82 Å². The number of thioether (sulfide) groups is 1. The quantitative estimate of drug-likeness (QED) is 0.594. The second-order valence-corrected chi connectivity index (χ2v) is 5.13. The third-order valence-electron chi connectivity index (χ3n) is 2.41. The third kappa shape index (κ3) is 4.19. The van der Waals surface area contributed by atoms with Crippen molar-refractivity contribution in [3.63, 3.8) is 0 Å². The van der Waals surface area contributed by atoms with Crippen LogP contribution in [-0.2, 0) is 6.42 Å². The zero-order valence-corrected chi connectivity index (χ0v) is 12.2. The molecule has 1 N–H and O–H groups in total. The number of rotatable bonds is 7. The first kappa shape index (κ1) is 14.3. The minimum absolute atomic E-state index is 0.904. The largest absolute Gasteiger partial charge is 0.370 e. The van der Waals surface area contributed by atoms with Crippen LogP contribution in [0.1, 0.15) is 45.0 Å². The molecule has 0 aliphatic rings. The molecule has 96 valence electrons. The van der Waals surface area contributed by atoms with E-state index in [4.69, 9.17) is 0 Å². The Balaban J connectivity index is 2.99. The summed E-state index contributed by atoms with van der Waals surface area (Å²) in [5.74, 6) is 3.09. The monoisotopic (exact) mass is 253 g/mol. The van der Waals surface area contributed by atoms with Gasteiger partial charge in [0.15, 0.2) is 0 Å². The van der Waals surface area contributed by atoms with Crippen molar-refractivity contribution in [1.29, 1.82) is 0 Å². The highest BCUT2D eigenvalue weighted by molar-refractivity contribution is 7.99. The van der Waals surface area contributed by atoms with Crippen LogP contribution in [0.15, 0.2) is 5.03 Å². The number of hydrogen-bond donors (Lipinski definition) is 1. The Morgan fingerprint density at radius 1 is 1.12 bits per heavy atom. The van der Waals surface area contributed by atoms with Crippen molar-refractivity contribution in [2.45, 2.75) is 52.0 Å². The Morgan fingerprint density at radius 2 is 1.88 bits per heavy atom. The van der Waals surface area contributed by atoms with Crippen molar-refractivity contribution in [2.75, 3.05) is 17.6 Å². The summed E-state index contributed by atoms with van der Waals surface area (Å²) in [5, 5.41) is 4.47. The lowest BCUT2D eigenvalue weighted by Gasteiger charge is -2.12. The number of aromatic nitrogens is 2. The van der Waals surface area contributed by atoms with Gasteiger partial charge in [-0.3, -0.25) is 0 Å². The van der Waals surface area contributed by atoms with E-state index in [0.29, 0.717) is 0 Å². The molecule has 0 amide bonds. The maximum Gasteiger partial charge on any atom is 0.133 e. The fourth-order valence-electron chi connectivity index (χ4n) is 1.55. The average Bonchev–Trinajstić information content (AvgIpc) is 2.32. The molecule has 1 rings (SSSR count). The number of anilines is 1. The maximum absolute atomic E-state index is 4.65. The highest BCUT2D eigenvalue weighted by Gasteiger charge is 2.10. The van der Waals surface area contributed by atoms with Crippen molar-refractivity contribution < 1.29 is 0 Å². The molecule has 1 aromatic rings. The van der Waals surface area contributed by atoms with Crippen molar-refractivity contribution in [1.82, 2.24) is 9.97 Å². The van der Waals surface area contributed by atoms with Crippen LogP contribution in [0.2, 0.25) is 0 Å². The van der Waals surface area contributed by atoms with Gasteiger partial charge in [-0.05, 0) is 32.4 Å². The molecule has 1 heterocycles. The molecule has 0 unspecified atom stereocenters. The number of hydrogen-bond acceptors (Lipinski definition) is 4. The van der Waals surface area contributed by atoms with Crippen molar-refractivity contribution in [3.05, 3.63) is 11.4 Å². The SMILES string of the molecule is CCCSc1nc(CCC)nc(NCC)c1C. The summed E-state index contributed by atoms with van der Waals surface area (Å²) in [4.78, 5) is 9.24. The second-order valence-electron chi connectivity index (χ2n) is 4.05. The van der Waals surface area contributed by atoms with Crippen LogP contribution in [0.5, 0.6) is 0 Å². The van der Waals surface area contributed by atoms with Gasteiger partial charge in [-0.1, -0.05) is 13.8 Å². The lowest BCUT2D eigenvalue weighted by atomic mass is 10.3. The van der Waals surface area contributed by atoms with Crippen LogP contribution >= 0.6 is 11.8 Å². The molecule has 0 aromatic carbocycles. The first-order valence-electron chi connectivity index (χ1n) is 6.47. The van der Waals surface area contributed by atoms with Gasteiger partial charge >= 0.3 is 0 Å². The summed E-state index contributed by atoms with van der Waals surface area (Å²) in [6.07, 6.45) is 3.22. The van der Waals surface area contributed by atoms with Crippen molar-refractivity contribution in [3.8, 4) is 0 Å². The summed E-state index contributed by atoms with van der Waals surface area (Å²) in [7, 11) is 0. The molecule has 0 aliphatic heterocycles. The molecule has 1 aromatic heterocycles. The van der Waals surface area contributed by atoms with E-state index in [-0.39, 0.29) is 0 Å². The second kappa shape index (κ2) is 7.54. The molecule has 0 spiro atoms. The molecule has 17 heavy (non-hydrogen) atoms. The normalized spacial score (nSPS) is 10.6. The average molecular weight is 253 g/mol. The van der Waals surface area contributed by atoms with E-state index in [9.17, 15) is 0 Å². The van der Waals surface area contributed by atoms with E-state index in [1.807, 2.05) is 11.8 Å². The molecular weight excluding hydrogens is 230 g/mol. The Labute approximate surface area is 109 Å². The Bertz CT molecular complexity index is 353. The van der Waals surface area contributed by atoms with E-state index in [1.165, 1.54) is 12.0 Å².